The summed E-state index contributed by atoms with van der Waals surface area (Å²) in [6.07, 6.45) is 0. The van der Waals surface area contributed by atoms with Gasteiger partial charge in [-0.25, -0.2) is 18.7 Å². The molecule has 1 aromatic heterocycles. The van der Waals surface area contributed by atoms with Crippen molar-refractivity contribution >= 4 is 29.0 Å². The van der Waals surface area contributed by atoms with Crippen molar-refractivity contribution in [3.8, 4) is 0 Å². The molecule has 0 amide bonds. The first kappa shape index (κ1) is 9.86. The Morgan fingerprint density at radius 3 is 2.43 bits per heavy atom. The zero-order valence-electron chi connectivity index (χ0n) is 6.85. The molecule has 0 aromatic carbocycles. The molecule has 1 aliphatic heterocycles. The predicted octanol–water partition coefficient (Wildman–Crippen LogP) is 2.24. The number of hydrogen-bond donors (Lipinski definition) is 0. The molecule has 3 nitrogen and oxygen atoms in total. The smallest absolute Gasteiger partial charge is 0.282 e. The summed E-state index contributed by atoms with van der Waals surface area (Å²) in [6, 6.07) is 1.41. The van der Waals surface area contributed by atoms with Gasteiger partial charge in [-0.15, -0.1) is 0 Å². The van der Waals surface area contributed by atoms with Crippen LogP contribution in [0.2, 0.25) is 10.4 Å². The van der Waals surface area contributed by atoms with Crippen LogP contribution in [0.4, 0.5) is 14.6 Å². The maximum absolute atomic E-state index is 12.5. The molecule has 1 fully saturated rings. The summed E-state index contributed by atoms with van der Waals surface area (Å²) in [6.45, 7) is -0.701. The second-order valence-corrected chi connectivity index (χ2v) is 3.76. The first-order valence-electron chi connectivity index (χ1n) is 3.79. The van der Waals surface area contributed by atoms with E-state index in [1.165, 1.54) is 11.0 Å². The van der Waals surface area contributed by atoms with E-state index in [1.54, 1.807) is 0 Å². The Labute approximate surface area is 88.7 Å². The number of anilines is 1. The molecule has 0 radical (unpaired) electrons. The molecule has 0 N–H and O–H groups in total. The van der Waals surface area contributed by atoms with Crippen LogP contribution >= 0.6 is 23.2 Å². The molecule has 1 saturated heterocycles. The minimum atomic E-state index is -2.64. The van der Waals surface area contributed by atoms with Crippen molar-refractivity contribution in [2.45, 2.75) is 5.92 Å². The van der Waals surface area contributed by atoms with Gasteiger partial charge in [0.15, 0.2) is 0 Å². The van der Waals surface area contributed by atoms with Crippen molar-refractivity contribution < 1.29 is 8.78 Å². The Hall–Kier alpha value is -0.680. The SMILES string of the molecule is FC1(F)CN(c2cc(Cl)nc(Cl)n2)C1. The van der Waals surface area contributed by atoms with E-state index >= 15 is 0 Å². The monoisotopic (exact) mass is 239 g/mol. The third-order valence-electron chi connectivity index (χ3n) is 1.82. The third-order valence-corrected chi connectivity index (χ3v) is 2.19. The van der Waals surface area contributed by atoms with Crippen LogP contribution in [0.5, 0.6) is 0 Å². The van der Waals surface area contributed by atoms with Crippen LogP contribution in [-0.4, -0.2) is 29.0 Å². The quantitative estimate of drug-likeness (QED) is 0.556. The Bertz CT molecular complexity index is 344. The largest absolute Gasteiger partial charge is 0.344 e. The number of nitrogens with zero attached hydrogens (tertiary/aromatic N) is 3. The fourth-order valence-electron chi connectivity index (χ4n) is 1.21. The van der Waals surface area contributed by atoms with E-state index < -0.39 is 5.92 Å². The zero-order valence-corrected chi connectivity index (χ0v) is 8.36. The molecular weight excluding hydrogens is 235 g/mol. The van der Waals surface area contributed by atoms with E-state index in [0.717, 1.165) is 0 Å². The lowest BCUT2D eigenvalue weighted by Crippen LogP contribution is -2.56. The van der Waals surface area contributed by atoms with Crippen LogP contribution < -0.4 is 4.90 Å². The maximum atomic E-state index is 12.5. The van der Waals surface area contributed by atoms with E-state index in [0.29, 0.717) is 5.82 Å². The molecule has 1 aliphatic rings. The van der Waals surface area contributed by atoms with Crippen LogP contribution in [0.25, 0.3) is 0 Å². The second kappa shape index (κ2) is 3.17. The van der Waals surface area contributed by atoms with Gasteiger partial charge in [0.1, 0.15) is 11.0 Å². The molecule has 0 atom stereocenters. The summed E-state index contributed by atoms with van der Waals surface area (Å²) < 4.78 is 25.0. The molecule has 0 spiro atoms. The lowest BCUT2D eigenvalue weighted by atomic mass is 10.1. The van der Waals surface area contributed by atoms with E-state index in [-0.39, 0.29) is 23.5 Å². The summed E-state index contributed by atoms with van der Waals surface area (Å²) in [4.78, 5) is 8.79. The summed E-state index contributed by atoms with van der Waals surface area (Å²) in [5.41, 5.74) is 0. The Balaban J connectivity index is 2.18. The van der Waals surface area contributed by atoms with E-state index in [2.05, 4.69) is 9.97 Å². The fourth-order valence-corrected chi connectivity index (χ4v) is 1.61. The van der Waals surface area contributed by atoms with Gasteiger partial charge in [-0.3, -0.25) is 0 Å². The van der Waals surface area contributed by atoms with Crippen molar-refractivity contribution in [3.63, 3.8) is 0 Å². The molecule has 2 rings (SSSR count). The Morgan fingerprint density at radius 1 is 1.29 bits per heavy atom. The molecule has 2 heterocycles. The lowest BCUT2D eigenvalue weighted by Gasteiger charge is -2.39. The molecule has 14 heavy (non-hydrogen) atoms. The number of rotatable bonds is 1. The zero-order chi connectivity index (χ0) is 10.3. The van der Waals surface area contributed by atoms with Gasteiger partial charge in [0.2, 0.25) is 5.28 Å². The summed E-state index contributed by atoms with van der Waals surface area (Å²) in [7, 11) is 0. The van der Waals surface area contributed by atoms with E-state index in [1.807, 2.05) is 0 Å². The van der Waals surface area contributed by atoms with Gasteiger partial charge in [0.05, 0.1) is 13.1 Å². The van der Waals surface area contributed by atoms with E-state index in [4.69, 9.17) is 23.2 Å². The highest BCUT2D eigenvalue weighted by molar-refractivity contribution is 6.32. The lowest BCUT2D eigenvalue weighted by molar-refractivity contribution is -0.0267. The van der Waals surface area contributed by atoms with Gasteiger partial charge >= 0.3 is 0 Å². The van der Waals surface area contributed by atoms with Crippen molar-refractivity contribution in [1.82, 2.24) is 9.97 Å². The van der Waals surface area contributed by atoms with Crippen LogP contribution in [0, 0.1) is 0 Å². The van der Waals surface area contributed by atoms with Gasteiger partial charge in [0.25, 0.3) is 5.92 Å². The van der Waals surface area contributed by atoms with Crippen molar-refractivity contribution in [2.75, 3.05) is 18.0 Å². The number of alkyl halides is 2. The minimum Gasteiger partial charge on any atom is -0.344 e. The molecule has 0 saturated carbocycles. The van der Waals surface area contributed by atoms with Crippen molar-refractivity contribution in [2.24, 2.45) is 0 Å². The summed E-state index contributed by atoms with van der Waals surface area (Å²) in [5.74, 6) is -2.30. The number of halogens is 4. The Morgan fingerprint density at radius 2 is 1.93 bits per heavy atom. The summed E-state index contributed by atoms with van der Waals surface area (Å²) >= 11 is 11.1. The Kier molecular flexibility index (Phi) is 2.23. The summed E-state index contributed by atoms with van der Waals surface area (Å²) in [5, 5.41) is 0.109. The van der Waals surface area contributed by atoms with E-state index in [9.17, 15) is 8.78 Å². The van der Waals surface area contributed by atoms with Gasteiger partial charge in [-0.05, 0) is 11.6 Å². The van der Waals surface area contributed by atoms with Crippen molar-refractivity contribution in [3.05, 3.63) is 16.5 Å². The van der Waals surface area contributed by atoms with Crippen molar-refractivity contribution in [1.29, 1.82) is 0 Å². The van der Waals surface area contributed by atoms with Crippen LogP contribution in [0.3, 0.4) is 0 Å². The van der Waals surface area contributed by atoms with Crippen LogP contribution in [-0.2, 0) is 0 Å². The molecule has 0 aliphatic carbocycles. The van der Waals surface area contributed by atoms with Crippen LogP contribution in [0.1, 0.15) is 0 Å². The molecule has 0 bridgehead atoms. The highest BCUT2D eigenvalue weighted by atomic mass is 35.5. The normalized spacial score (nSPS) is 19.3. The molecular formula is C7H5Cl2F2N3. The second-order valence-electron chi connectivity index (χ2n) is 3.03. The van der Waals surface area contributed by atoms with Gasteiger partial charge in [-0.2, -0.15) is 0 Å². The third kappa shape index (κ3) is 1.88. The van der Waals surface area contributed by atoms with Gasteiger partial charge in [-0.1, -0.05) is 11.6 Å². The first-order valence-corrected chi connectivity index (χ1v) is 4.55. The minimum absolute atomic E-state index is 0.0392. The first-order chi connectivity index (χ1) is 6.46. The highest BCUT2D eigenvalue weighted by Gasteiger charge is 2.44. The molecule has 1 aromatic rings. The maximum Gasteiger partial charge on any atom is 0.282 e. The average Bonchev–Trinajstić information content (AvgIpc) is 1.97. The molecule has 76 valence electrons. The highest BCUT2D eigenvalue weighted by Crippen LogP contribution is 2.31. The average molecular weight is 240 g/mol. The number of hydrogen-bond acceptors (Lipinski definition) is 3. The predicted molar refractivity (Wildman–Crippen MR) is 49.2 cm³/mol. The fraction of sp³-hybridized carbons (Fsp3) is 0.429. The molecule has 0 unspecified atom stereocenters. The topological polar surface area (TPSA) is 29.0 Å². The van der Waals surface area contributed by atoms with Gasteiger partial charge < -0.3 is 4.90 Å². The van der Waals surface area contributed by atoms with Crippen LogP contribution in [0.15, 0.2) is 6.07 Å². The standard InChI is InChI=1S/C7H5Cl2F2N3/c8-4-1-5(13-6(9)12-4)14-2-7(10,11)3-14/h1H,2-3H2. The van der Waals surface area contributed by atoms with Gasteiger partial charge in [0, 0.05) is 6.07 Å². The number of aromatic nitrogens is 2. The molecule has 7 heteroatoms.